The molecule has 2 rings (SSSR count). The molecule has 0 saturated heterocycles. The fourth-order valence-electron chi connectivity index (χ4n) is 1.38. The zero-order valence-electron chi connectivity index (χ0n) is 9.87. The minimum absolute atomic E-state index is 0.362. The second-order valence-corrected chi connectivity index (χ2v) is 4.36. The van der Waals surface area contributed by atoms with E-state index in [0.29, 0.717) is 27.6 Å². The van der Waals surface area contributed by atoms with Gasteiger partial charge in [0, 0.05) is 18.8 Å². The second kappa shape index (κ2) is 5.42. The first-order valence-electron chi connectivity index (χ1n) is 5.25. The van der Waals surface area contributed by atoms with E-state index in [1.807, 2.05) is 6.92 Å². The molecule has 0 bridgehead atoms. The van der Waals surface area contributed by atoms with Gasteiger partial charge in [-0.3, -0.25) is 0 Å². The molecule has 0 saturated carbocycles. The molecule has 18 heavy (non-hydrogen) atoms. The van der Waals surface area contributed by atoms with Crippen molar-refractivity contribution in [1.82, 2.24) is 9.97 Å². The lowest BCUT2D eigenvalue weighted by Gasteiger charge is -2.09. The Morgan fingerprint density at radius 3 is 2.72 bits per heavy atom. The number of nitrogens with one attached hydrogen (secondary N) is 1. The fraction of sp³-hybridized carbons (Fsp3) is 0.167. The number of nitrogens with zero attached hydrogens (tertiary/aromatic N) is 2. The van der Waals surface area contributed by atoms with Gasteiger partial charge in [-0.15, -0.1) is 0 Å². The molecule has 0 amide bonds. The van der Waals surface area contributed by atoms with E-state index in [9.17, 15) is 0 Å². The van der Waals surface area contributed by atoms with E-state index >= 15 is 0 Å². The monoisotopic (exact) mass is 283 g/mol. The highest BCUT2D eigenvalue weighted by molar-refractivity contribution is 6.42. The first kappa shape index (κ1) is 12.9. The Hall–Kier alpha value is -1.52. The van der Waals surface area contributed by atoms with Crippen LogP contribution in [0, 0.1) is 6.92 Å². The van der Waals surface area contributed by atoms with E-state index in [-0.39, 0.29) is 0 Å². The molecular formula is C12H11Cl2N3O. The van der Waals surface area contributed by atoms with Crippen LogP contribution in [0.25, 0.3) is 0 Å². The number of aromatic nitrogens is 2. The maximum Gasteiger partial charge on any atom is 0.225 e. The fourth-order valence-corrected chi connectivity index (χ4v) is 1.71. The topological polar surface area (TPSA) is 47.0 Å². The van der Waals surface area contributed by atoms with Crippen molar-refractivity contribution >= 4 is 29.2 Å². The zero-order valence-corrected chi connectivity index (χ0v) is 11.4. The van der Waals surface area contributed by atoms with E-state index in [2.05, 4.69) is 15.3 Å². The van der Waals surface area contributed by atoms with E-state index in [1.54, 1.807) is 31.3 Å². The van der Waals surface area contributed by atoms with Crippen LogP contribution in [0.4, 0.5) is 5.95 Å². The van der Waals surface area contributed by atoms with Crippen LogP contribution in [0.3, 0.4) is 0 Å². The Balaban J connectivity index is 2.34. The van der Waals surface area contributed by atoms with Crippen molar-refractivity contribution in [3.05, 3.63) is 40.0 Å². The molecule has 0 atom stereocenters. The molecule has 1 aromatic carbocycles. The molecule has 6 heteroatoms. The normalized spacial score (nSPS) is 10.2. The predicted octanol–water partition coefficient (Wildman–Crippen LogP) is 3.93. The van der Waals surface area contributed by atoms with Gasteiger partial charge in [0.15, 0.2) is 0 Å². The van der Waals surface area contributed by atoms with E-state index in [4.69, 9.17) is 27.9 Å². The van der Waals surface area contributed by atoms with Gasteiger partial charge < -0.3 is 10.1 Å². The van der Waals surface area contributed by atoms with E-state index < -0.39 is 0 Å². The maximum absolute atomic E-state index is 6.04. The van der Waals surface area contributed by atoms with Gasteiger partial charge in [0.1, 0.15) is 10.8 Å². The van der Waals surface area contributed by atoms with Crippen LogP contribution in [-0.4, -0.2) is 17.0 Å². The van der Waals surface area contributed by atoms with Crippen LogP contribution < -0.4 is 10.1 Å². The summed E-state index contributed by atoms with van der Waals surface area (Å²) in [6.45, 7) is 1.86. The second-order valence-electron chi connectivity index (χ2n) is 3.58. The first-order chi connectivity index (χ1) is 8.60. The van der Waals surface area contributed by atoms with E-state index in [0.717, 1.165) is 5.69 Å². The smallest absolute Gasteiger partial charge is 0.225 e. The molecule has 2 aromatic rings. The minimum atomic E-state index is 0.362. The van der Waals surface area contributed by atoms with Gasteiger partial charge in [0.25, 0.3) is 0 Å². The van der Waals surface area contributed by atoms with Gasteiger partial charge in [-0.05, 0) is 19.1 Å². The number of rotatable bonds is 3. The van der Waals surface area contributed by atoms with Gasteiger partial charge in [-0.2, -0.15) is 4.98 Å². The molecule has 1 aromatic heterocycles. The molecule has 0 fully saturated rings. The van der Waals surface area contributed by atoms with Crippen molar-refractivity contribution < 1.29 is 4.74 Å². The molecule has 0 radical (unpaired) electrons. The summed E-state index contributed by atoms with van der Waals surface area (Å²) in [4.78, 5) is 8.34. The summed E-state index contributed by atoms with van der Waals surface area (Å²) in [5, 5.41) is 3.66. The van der Waals surface area contributed by atoms with Crippen molar-refractivity contribution in [2.75, 3.05) is 12.4 Å². The summed E-state index contributed by atoms with van der Waals surface area (Å²) in [6.07, 6.45) is 0. The van der Waals surface area contributed by atoms with Crippen LogP contribution in [0.15, 0.2) is 24.3 Å². The van der Waals surface area contributed by atoms with Crippen LogP contribution in [-0.2, 0) is 0 Å². The van der Waals surface area contributed by atoms with Gasteiger partial charge in [-0.1, -0.05) is 29.3 Å². The highest BCUT2D eigenvalue weighted by atomic mass is 35.5. The lowest BCUT2D eigenvalue weighted by Crippen LogP contribution is -1.99. The summed E-state index contributed by atoms with van der Waals surface area (Å²) in [6, 6.07) is 6.90. The Labute approximate surface area is 115 Å². The highest BCUT2D eigenvalue weighted by Crippen LogP contribution is 2.34. The zero-order chi connectivity index (χ0) is 13.1. The summed E-state index contributed by atoms with van der Waals surface area (Å²) in [5.74, 6) is 1.36. The SMILES string of the molecule is CNc1nc(C)cc(Oc2cccc(Cl)c2Cl)n1. The Morgan fingerprint density at radius 1 is 1.22 bits per heavy atom. The van der Waals surface area contributed by atoms with Crippen LogP contribution in [0.5, 0.6) is 11.6 Å². The number of anilines is 1. The van der Waals surface area contributed by atoms with Crippen molar-refractivity contribution in [3.8, 4) is 11.6 Å². The van der Waals surface area contributed by atoms with Gasteiger partial charge in [-0.25, -0.2) is 4.98 Å². The number of benzene rings is 1. The van der Waals surface area contributed by atoms with E-state index in [1.165, 1.54) is 0 Å². The van der Waals surface area contributed by atoms with Crippen LogP contribution in [0.2, 0.25) is 10.0 Å². The molecular weight excluding hydrogens is 273 g/mol. The molecule has 0 spiro atoms. The first-order valence-corrected chi connectivity index (χ1v) is 6.01. The molecule has 0 aliphatic carbocycles. The number of hydrogen-bond acceptors (Lipinski definition) is 4. The molecule has 0 aliphatic rings. The molecule has 0 unspecified atom stereocenters. The quantitative estimate of drug-likeness (QED) is 0.927. The lowest BCUT2D eigenvalue weighted by molar-refractivity contribution is 0.462. The third kappa shape index (κ3) is 2.83. The molecule has 1 N–H and O–H groups in total. The number of halogens is 2. The molecule has 1 heterocycles. The predicted molar refractivity (Wildman–Crippen MR) is 72.9 cm³/mol. The van der Waals surface area contributed by atoms with Gasteiger partial charge >= 0.3 is 0 Å². The van der Waals surface area contributed by atoms with Crippen molar-refractivity contribution in [2.45, 2.75) is 6.92 Å². The average Bonchev–Trinajstić information content (AvgIpc) is 2.34. The Morgan fingerprint density at radius 2 is 2.00 bits per heavy atom. The third-order valence-electron chi connectivity index (χ3n) is 2.19. The Kier molecular flexibility index (Phi) is 3.89. The van der Waals surface area contributed by atoms with Gasteiger partial charge in [0.05, 0.1) is 5.02 Å². The largest absolute Gasteiger partial charge is 0.437 e. The van der Waals surface area contributed by atoms with Crippen LogP contribution >= 0.6 is 23.2 Å². The van der Waals surface area contributed by atoms with Gasteiger partial charge in [0.2, 0.25) is 11.8 Å². The molecule has 4 nitrogen and oxygen atoms in total. The minimum Gasteiger partial charge on any atom is -0.437 e. The number of ether oxygens (including phenoxy) is 1. The summed E-state index contributed by atoms with van der Waals surface area (Å²) >= 11 is 12.0. The van der Waals surface area contributed by atoms with Crippen LogP contribution in [0.1, 0.15) is 5.69 Å². The van der Waals surface area contributed by atoms with Crippen molar-refractivity contribution in [1.29, 1.82) is 0 Å². The number of hydrogen-bond donors (Lipinski definition) is 1. The summed E-state index contributed by atoms with van der Waals surface area (Å²) in [7, 11) is 1.74. The van der Waals surface area contributed by atoms with Crippen molar-refractivity contribution in [3.63, 3.8) is 0 Å². The van der Waals surface area contributed by atoms with Crippen molar-refractivity contribution in [2.24, 2.45) is 0 Å². The Bertz CT molecular complexity index is 575. The lowest BCUT2D eigenvalue weighted by atomic mass is 10.3. The third-order valence-corrected chi connectivity index (χ3v) is 2.99. The molecule has 0 aliphatic heterocycles. The molecule has 94 valence electrons. The average molecular weight is 284 g/mol. The number of aryl methyl sites for hydroxylation is 1. The maximum atomic E-state index is 6.04. The summed E-state index contributed by atoms with van der Waals surface area (Å²) in [5.41, 5.74) is 0.794. The highest BCUT2D eigenvalue weighted by Gasteiger charge is 2.08. The standard InChI is InChI=1S/C12H11Cl2N3O/c1-7-6-10(17-12(15-2)16-7)18-9-5-3-4-8(13)11(9)14/h3-6H,1-2H3,(H,15,16,17). The summed E-state index contributed by atoms with van der Waals surface area (Å²) < 4.78 is 5.61.